The molecule has 0 amide bonds. The average molecular weight is 187 g/mol. The number of hydrogen-bond donors (Lipinski definition) is 0. The van der Waals surface area contributed by atoms with Crippen molar-refractivity contribution in [3.05, 3.63) is 0 Å². The highest BCUT2D eigenvalue weighted by atomic mass is 16.7. The van der Waals surface area contributed by atoms with Crippen LogP contribution in [0.2, 0.25) is 0 Å². The molecule has 0 N–H and O–H groups in total. The number of hydrogen-bond acceptors (Lipinski definition) is 5. The Balaban J connectivity index is 3.38. The summed E-state index contributed by atoms with van der Waals surface area (Å²) in [7, 11) is 0. The Morgan fingerprint density at radius 2 is 1.92 bits per heavy atom. The second kappa shape index (κ2) is 7.27. The minimum absolute atomic E-state index is 0.151. The van der Waals surface area contributed by atoms with Gasteiger partial charge in [0, 0.05) is 19.6 Å². The van der Waals surface area contributed by atoms with Gasteiger partial charge in [0.15, 0.2) is 0 Å². The van der Waals surface area contributed by atoms with E-state index in [1.807, 2.05) is 0 Å². The minimum Gasteiger partial charge on any atom is -0.466 e. The highest BCUT2D eigenvalue weighted by molar-refractivity contribution is 5.72. The van der Waals surface area contributed by atoms with Crippen LogP contribution in [-0.4, -0.2) is 25.3 Å². The maximum Gasteiger partial charge on any atom is 0.334 e. The average Bonchev–Trinajstić information content (AvgIpc) is 2.05. The van der Waals surface area contributed by atoms with Crippen LogP contribution in [0, 0.1) is 0 Å². The Kier molecular flexibility index (Phi) is 6.49. The summed E-state index contributed by atoms with van der Waals surface area (Å²) in [5.74, 6) is -0.791. The van der Waals surface area contributed by atoms with Gasteiger partial charge in [-0.3, -0.25) is 4.79 Å². The van der Waals surface area contributed by atoms with E-state index in [1.165, 1.54) is 0 Å². The van der Waals surface area contributed by atoms with E-state index in [4.69, 9.17) is 0 Å². The fourth-order valence-corrected chi connectivity index (χ4v) is 0.728. The zero-order valence-electron chi connectivity index (χ0n) is 7.62. The molecule has 0 aromatic carbocycles. The zero-order chi connectivity index (χ0) is 10.1. The van der Waals surface area contributed by atoms with Crippen LogP contribution < -0.4 is 0 Å². The fourth-order valence-electron chi connectivity index (χ4n) is 0.728. The standard InChI is InChI=1S/C8H13NO4/c1-3-12-7(10)5-4-6-8(11)13-9-2/h2-6H2,1H3. The predicted octanol–water partition coefficient (Wildman–Crippen LogP) is 0.879. The molecule has 0 saturated heterocycles. The normalized spacial score (nSPS) is 9.00. The van der Waals surface area contributed by atoms with Gasteiger partial charge in [0.05, 0.1) is 6.61 Å². The summed E-state index contributed by atoms with van der Waals surface area (Å²) in [5.41, 5.74) is 0. The van der Waals surface area contributed by atoms with Gasteiger partial charge in [-0.1, -0.05) is 5.16 Å². The van der Waals surface area contributed by atoms with E-state index in [1.54, 1.807) is 6.92 Å². The molecule has 0 atom stereocenters. The molecule has 5 nitrogen and oxygen atoms in total. The van der Waals surface area contributed by atoms with Crippen molar-refractivity contribution in [1.82, 2.24) is 0 Å². The lowest BCUT2D eigenvalue weighted by Crippen LogP contribution is -2.05. The third-order valence-electron chi connectivity index (χ3n) is 1.23. The molecule has 0 aromatic heterocycles. The molecule has 0 saturated carbocycles. The van der Waals surface area contributed by atoms with Gasteiger partial charge in [0.25, 0.3) is 0 Å². The predicted molar refractivity (Wildman–Crippen MR) is 46.1 cm³/mol. The summed E-state index contributed by atoms with van der Waals surface area (Å²) >= 11 is 0. The van der Waals surface area contributed by atoms with Crippen LogP contribution in [0.25, 0.3) is 0 Å². The summed E-state index contributed by atoms with van der Waals surface area (Å²) in [6.45, 7) is 5.08. The van der Waals surface area contributed by atoms with Crippen LogP contribution in [0.4, 0.5) is 0 Å². The maximum atomic E-state index is 10.8. The number of ether oxygens (including phenoxy) is 1. The van der Waals surface area contributed by atoms with Crippen molar-refractivity contribution in [2.75, 3.05) is 6.61 Å². The largest absolute Gasteiger partial charge is 0.466 e. The van der Waals surface area contributed by atoms with E-state index in [9.17, 15) is 9.59 Å². The van der Waals surface area contributed by atoms with Gasteiger partial charge in [0.1, 0.15) is 0 Å². The molecule has 0 aliphatic rings. The maximum absolute atomic E-state index is 10.8. The van der Waals surface area contributed by atoms with Crippen LogP contribution in [0.15, 0.2) is 5.16 Å². The van der Waals surface area contributed by atoms with Crippen molar-refractivity contribution in [3.63, 3.8) is 0 Å². The molecule has 0 radical (unpaired) electrons. The van der Waals surface area contributed by atoms with Gasteiger partial charge in [-0.15, -0.1) is 0 Å². The number of esters is 1. The molecule has 0 unspecified atom stereocenters. The lowest BCUT2D eigenvalue weighted by molar-refractivity contribution is -0.145. The van der Waals surface area contributed by atoms with Crippen molar-refractivity contribution in [2.45, 2.75) is 26.2 Å². The second-order valence-electron chi connectivity index (χ2n) is 2.25. The second-order valence-corrected chi connectivity index (χ2v) is 2.25. The molecule has 0 heterocycles. The number of carbonyl (C=O) groups excluding carboxylic acids is 2. The first-order valence-corrected chi connectivity index (χ1v) is 4.02. The topological polar surface area (TPSA) is 65.0 Å². The smallest absolute Gasteiger partial charge is 0.334 e. The Hall–Kier alpha value is -1.39. The third-order valence-corrected chi connectivity index (χ3v) is 1.23. The van der Waals surface area contributed by atoms with E-state index in [0.717, 1.165) is 0 Å². The van der Waals surface area contributed by atoms with Crippen molar-refractivity contribution >= 4 is 18.7 Å². The van der Waals surface area contributed by atoms with Gasteiger partial charge in [-0.2, -0.15) is 0 Å². The van der Waals surface area contributed by atoms with Crippen LogP contribution in [-0.2, 0) is 19.2 Å². The molecular weight excluding hydrogens is 174 g/mol. The van der Waals surface area contributed by atoms with Crippen LogP contribution in [0.1, 0.15) is 26.2 Å². The molecule has 0 spiro atoms. The van der Waals surface area contributed by atoms with Crippen molar-refractivity contribution in [1.29, 1.82) is 0 Å². The molecule has 0 bridgehead atoms. The zero-order valence-corrected chi connectivity index (χ0v) is 7.62. The molecule has 0 aliphatic carbocycles. The van der Waals surface area contributed by atoms with Gasteiger partial charge < -0.3 is 9.57 Å². The minimum atomic E-state index is -0.487. The highest BCUT2D eigenvalue weighted by Crippen LogP contribution is 1.99. The molecular formula is C8H13NO4. The summed E-state index contributed by atoms with van der Waals surface area (Å²) in [4.78, 5) is 25.7. The Bertz CT molecular complexity index is 191. The quantitative estimate of drug-likeness (QED) is 0.268. The van der Waals surface area contributed by atoms with E-state index in [0.29, 0.717) is 13.0 Å². The SMILES string of the molecule is C=NOC(=O)CCCC(=O)OCC. The number of oxime groups is 1. The summed E-state index contributed by atoms with van der Waals surface area (Å²) < 4.78 is 4.66. The van der Waals surface area contributed by atoms with Crippen molar-refractivity contribution < 1.29 is 19.2 Å². The molecule has 0 aliphatic heterocycles. The molecule has 74 valence electrons. The third kappa shape index (κ3) is 6.99. The monoisotopic (exact) mass is 187 g/mol. The summed E-state index contributed by atoms with van der Waals surface area (Å²) in [6.07, 6.45) is 0.783. The lowest BCUT2D eigenvalue weighted by Gasteiger charge is -1.99. The van der Waals surface area contributed by atoms with E-state index in [-0.39, 0.29) is 18.8 Å². The van der Waals surface area contributed by atoms with Crippen molar-refractivity contribution in [2.24, 2.45) is 5.16 Å². The first-order valence-electron chi connectivity index (χ1n) is 4.02. The summed E-state index contributed by atoms with van der Waals surface area (Å²) in [6, 6.07) is 0. The van der Waals surface area contributed by atoms with Gasteiger partial charge in [-0.05, 0) is 13.3 Å². The molecule has 0 aromatic rings. The molecule has 13 heavy (non-hydrogen) atoms. The molecule has 0 fully saturated rings. The van der Waals surface area contributed by atoms with Crippen LogP contribution in [0.3, 0.4) is 0 Å². The lowest BCUT2D eigenvalue weighted by atomic mass is 10.2. The number of rotatable bonds is 6. The molecule has 0 rings (SSSR count). The van der Waals surface area contributed by atoms with Crippen molar-refractivity contribution in [3.8, 4) is 0 Å². The molecule has 5 heteroatoms. The Labute approximate surface area is 76.7 Å². The van der Waals surface area contributed by atoms with Gasteiger partial charge in [-0.25, -0.2) is 4.79 Å². The Morgan fingerprint density at radius 1 is 1.31 bits per heavy atom. The van der Waals surface area contributed by atoms with Crippen LogP contribution >= 0.6 is 0 Å². The summed E-state index contributed by atoms with van der Waals surface area (Å²) in [5, 5.41) is 2.95. The van der Waals surface area contributed by atoms with E-state index in [2.05, 4.69) is 21.4 Å². The van der Waals surface area contributed by atoms with Crippen LogP contribution in [0.5, 0.6) is 0 Å². The Morgan fingerprint density at radius 3 is 2.46 bits per heavy atom. The number of carbonyl (C=O) groups is 2. The van der Waals surface area contributed by atoms with E-state index >= 15 is 0 Å². The number of nitrogens with zero attached hydrogens (tertiary/aromatic N) is 1. The fraction of sp³-hybridized carbons (Fsp3) is 0.625. The van der Waals surface area contributed by atoms with E-state index < -0.39 is 5.97 Å². The van der Waals surface area contributed by atoms with Gasteiger partial charge >= 0.3 is 11.9 Å². The first-order chi connectivity index (χ1) is 6.20. The highest BCUT2D eigenvalue weighted by Gasteiger charge is 2.05. The first kappa shape index (κ1) is 11.6. The van der Waals surface area contributed by atoms with Gasteiger partial charge in [0.2, 0.25) is 0 Å².